The highest BCUT2D eigenvalue weighted by atomic mass is 32.2. The van der Waals surface area contributed by atoms with Crippen molar-refractivity contribution >= 4 is 17.4 Å². The lowest BCUT2D eigenvalue weighted by Gasteiger charge is -2.03. The van der Waals surface area contributed by atoms with Crippen molar-refractivity contribution in [3.8, 4) is 0 Å². The van der Waals surface area contributed by atoms with Crippen LogP contribution in [0.15, 0.2) is 40.5 Å². The van der Waals surface area contributed by atoms with Crippen molar-refractivity contribution in [1.29, 1.82) is 0 Å². The predicted octanol–water partition coefficient (Wildman–Crippen LogP) is 2.66. The molecule has 0 aliphatic heterocycles. The zero-order valence-electron chi connectivity index (χ0n) is 8.64. The fourth-order valence-electron chi connectivity index (χ4n) is 1.17. The number of halogens is 1. The molecule has 2 aromatic rings. The molecule has 0 atom stereocenters. The molecule has 1 heterocycles. The van der Waals surface area contributed by atoms with E-state index in [1.54, 1.807) is 24.4 Å². The Morgan fingerprint density at radius 3 is 2.81 bits per heavy atom. The van der Waals surface area contributed by atoms with Crippen LogP contribution in [0.5, 0.6) is 0 Å². The van der Waals surface area contributed by atoms with Crippen molar-refractivity contribution in [2.75, 3.05) is 5.73 Å². The first kappa shape index (κ1) is 10.9. The van der Waals surface area contributed by atoms with Crippen LogP contribution in [0.4, 0.5) is 10.1 Å². The molecule has 5 heteroatoms. The van der Waals surface area contributed by atoms with E-state index in [-0.39, 0.29) is 5.82 Å². The number of nitrogens with zero attached hydrogens (tertiary/aromatic N) is 2. The lowest BCUT2D eigenvalue weighted by Crippen LogP contribution is -1.91. The third-order valence-electron chi connectivity index (χ3n) is 1.93. The summed E-state index contributed by atoms with van der Waals surface area (Å²) in [7, 11) is 0. The molecule has 0 fully saturated rings. The van der Waals surface area contributed by atoms with Crippen molar-refractivity contribution in [3.63, 3.8) is 0 Å². The van der Waals surface area contributed by atoms with Crippen molar-refractivity contribution in [1.82, 2.24) is 9.97 Å². The Morgan fingerprint density at radius 1 is 1.31 bits per heavy atom. The second-order valence-corrected chi connectivity index (χ2v) is 4.28. The number of rotatable bonds is 2. The van der Waals surface area contributed by atoms with Crippen molar-refractivity contribution in [3.05, 3.63) is 42.0 Å². The summed E-state index contributed by atoms with van der Waals surface area (Å²) in [5.41, 5.74) is 6.73. The standard InChI is InChI=1S/C11H10FN3S/c1-7-4-5-14-11(15-7)16-10-3-2-8(13)6-9(10)12/h2-6H,13H2,1H3. The third-order valence-corrected chi connectivity index (χ3v) is 2.86. The van der Waals surface area contributed by atoms with E-state index in [4.69, 9.17) is 5.73 Å². The maximum absolute atomic E-state index is 13.5. The molecular formula is C11H10FN3S. The van der Waals surface area contributed by atoms with Crippen LogP contribution in [0.2, 0.25) is 0 Å². The number of aromatic nitrogens is 2. The second kappa shape index (κ2) is 4.49. The first-order chi connectivity index (χ1) is 7.65. The molecule has 16 heavy (non-hydrogen) atoms. The number of anilines is 1. The van der Waals surface area contributed by atoms with Gasteiger partial charge in [-0.25, -0.2) is 14.4 Å². The lowest BCUT2D eigenvalue weighted by atomic mass is 10.3. The molecule has 0 spiro atoms. The monoisotopic (exact) mass is 235 g/mol. The minimum Gasteiger partial charge on any atom is -0.399 e. The molecule has 1 aromatic heterocycles. The predicted molar refractivity (Wildman–Crippen MR) is 61.7 cm³/mol. The molecule has 0 unspecified atom stereocenters. The van der Waals surface area contributed by atoms with Crippen molar-refractivity contribution in [2.45, 2.75) is 17.0 Å². The molecule has 1 aromatic carbocycles. The topological polar surface area (TPSA) is 51.8 Å². The average molecular weight is 235 g/mol. The summed E-state index contributed by atoms with van der Waals surface area (Å²) in [5.74, 6) is -0.352. The first-order valence-electron chi connectivity index (χ1n) is 4.67. The Labute approximate surface area is 96.9 Å². The summed E-state index contributed by atoms with van der Waals surface area (Å²) >= 11 is 1.18. The molecule has 0 bridgehead atoms. The number of aryl methyl sites for hydroxylation is 1. The van der Waals surface area contributed by atoms with E-state index in [0.29, 0.717) is 15.7 Å². The normalized spacial score (nSPS) is 10.4. The fraction of sp³-hybridized carbons (Fsp3) is 0.0909. The minimum absolute atomic E-state index is 0.352. The van der Waals surface area contributed by atoms with Crippen LogP contribution in [0.3, 0.4) is 0 Å². The number of hydrogen-bond acceptors (Lipinski definition) is 4. The van der Waals surface area contributed by atoms with Crippen LogP contribution in [0.25, 0.3) is 0 Å². The fourth-order valence-corrected chi connectivity index (χ4v) is 1.97. The van der Waals surface area contributed by atoms with Gasteiger partial charge in [0.05, 0.1) is 4.90 Å². The molecule has 2 rings (SSSR count). The third kappa shape index (κ3) is 2.49. The van der Waals surface area contributed by atoms with E-state index in [1.165, 1.54) is 17.8 Å². The molecule has 0 radical (unpaired) electrons. The van der Waals surface area contributed by atoms with Gasteiger partial charge in [-0.05, 0) is 43.0 Å². The highest BCUT2D eigenvalue weighted by Crippen LogP contribution is 2.28. The lowest BCUT2D eigenvalue weighted by molar-refractivity contribution is 0.602. The van der Waals surface area contributed by atoms with Crippen LogP contribution in [0.1, 0.15) is 5.69 Å². The smallest absolute Gasteiger partial charge is 0.192 e. The summed E-state index contributed by atoms with van der Waals surface area (Å²) in [6.45, 7) is 1.87. The Balaban J connectivity index is 2.27. The summed E-state index contributed by atoms with van der Waals surface area (Å²) in [4.78, 5) is 8.71. The van der Waals surface area contributed by atoms with Gasteiger partial charge in [0.25, 0.3) is 0 Å². The first-order valence-corrected chi connectivity index (χ1v) is 5.49. The van der Waals surface area contributed by atoms with Crippen molar-refractivity contribution in [2.24, 2.45) is 0 Å². The molecule has 0 aliphatic carbocycles. The van der Waals surface area contributed by atoms with Crippen LogP contribution >= 0.6 is 11.8 Å². The zero-order valence-corrected chi connectivity index (χ0v) is 9.46. The molecule has 0 saturated carbocycles. The van der Waals surface area contributed by atoms with Crippen molar-refractivity contribution < 1.29 is 4.39 Å². The van der Waals surface area contributed by atoms with Gasteiger partial charge in [0.2, 0.25) is 0 Å². The van der Waals surface area contributed by atoms with Crippen LogP contribution in [-0.2, 0) is 0 Å². The van der Waals surface area contributed by atoms with Crippen LogP contribution in [-0.4, -0.2) is 9.97 Å². The van der Waals surface area contributed by atoms with Gasteiger partial charge in [0, 0.05) is 17.6 Å². The van der Waals surface area contributed by atoms with Gasteiger partial charge in [-0.15, -0.1) is 0 Å². The number of hydrogen-bond donors (Lipinski definition) is 1. The largest absolute Gasteiger partial charge is 0.399 e. The number of benzene rings is 1. The average Bonchev–Trinajstić information content (AvgIpc) is 2.22. The minimum atomic E-state index is -0.352. The molecule has 0 aliphatic rings. The van der Waals surface area contributed by atoms with E-state index < -0.39 is 0 Å². The SMILES string of the molecule is Cc1ccnc(Sc2ccc(N)cc2F)n1. The molecule has 0 amide bonds. The summed E-state index contributed by atoms with van der Waals surface area (Å²) in [6.07, 6.45) is 1.65. The molecule has 82 valence electrons. The Kier molecular flexibility index (Phi) is 3.05. The van der Waals surface area contributed by atoms with E-state index >= 15 is 0 Å². The second-order valence-electron chi connectivity index (χ2n) is 3.27. The highest BCUT2D eigenvalue weighted by molar-refractivity contribution is 7.99. The summed E-state index contributed by atoms with van der Waals surface area (Å²) in [5, 5.41) is 0.531. The summed E-state index contributed by atoms with van der Waals surface area (Å²) < 4.78 is 13.5. The maximum Gasteiger partial charge on any atom is 0.192 e. The quantitative estimate of drug-likeness (QED) is 0.642. The Hall–Kier alpha value is -1.62. The van der Waals surface area contributed by atoms with E-state index in [0.717, 1.165) is 5.69 Å². The maximum atomic E-state index is 13.5. The molecular weight excluding hydrogens is 225 g/mol. The molecule has 2 N–H and O–H groups in total. The van der Waals surface area contributed by atoms with Gasteiger partial charge >= 0.3 is 0 Å². The van der Waals surface area contributed by atoms with E-state index in [2.05, 4.69) is 9.97 Å². The van der Waals surface area contributed by atoms with Gasteiger partial charge in [0.15, 0.2) is 5.16 Å². The molecule has 3 nitrogen and oxygen atoms in total. The number of nitrogen functional groups attached to an aromatic ring is 1. The zero-order chi connectivity index (χ0) is 11.5. The van der Waals surface area contributed by atoms with Gasteiger partial charge in [-0.3, -0.25) is 0 Å². The van der Waals surface area contributed by atoms with Crippen LogP contribution < -0.4 is 5.73 Å². The van der Waals surface area contributed by atoms with Crippen LogP contribution in [0, 0.1) is 12.7 Å². The van der Waals surface area contributed by atoms with Gasteiger partial charge < -0.3 is 5.73 Å². The Morgan fingerprint density at radius 2 is 2.12 bits per heavy atom. The van der Waals surface area contributed by atoms with Gasteiger partial charge in [-0.2, -0.15) is 0 Å². The Bertz CT molecular complexity index is 516. The number of nitrogens with two attached hydrogens (primary N) is 1. The highest BCUT2D eigenvalue weighted by Gasteiger charge is 2.06. The molecule has 0 saturated heterocycles. The summed E-state index contributed by atoms with van der Waals surface area (Å²) in [6, 6.07) is 6.36. The van der Waals surface area contributed by atoms with Gasteiger partial charge in [-0.1, -0.05) is 0 Å². The van der Waals surface area contributed by atoms with Gasteiger partial charge in [0.1, 0.15) is 5.82 Å². The van der Waals surface area contributed by atoms with E-state index in [9.17, 15) is 4.39 Å². The van der Waals surface area contributed by atoms with E-state index in [1.807, 2.05) is 6.92 Å².